The van der Waals surface area contributed by atoms with Gasteiger partial charge in [0.2, 0.25) is 0 Å². The summed E-state index contributed by atoms with van der Waals surface area (Å²) in [7, 11) is 1.53. The van der Waals surface area contributed by atoms with E-state index in [0.29, 0.717) is 17.0 Å². The number of rotatable bonds is 4. The van der Waals surface area contributed by atoms with Gasteiger partial charge in [0.1, 0.15) is 28.9 Å². The number of hydrogen-bond donors (Lipinski definition) is 2. The standard InChI is InChI=1S/C15H13FN2O2/c1-20-11-5-6-15(19)10(7-11)9-18-14-4-2-3-13(16)12(14)8-17/h2-7,18-19H,9H2,1H3. The lowest BCUT2D eigenvalue weighted by molar-refractivity contribution is 0.411. The zero-order valence-corrected chi connectivity index (χ0v) is 10.9. The molecule has 0 saturated heterocycles. The van der Waals surface area contributed by atoms with Gasteiger partial charge in [-0.05, 0) is 30.3 Å². The van der Waals surface area contributed by atoms with E-state index in [1.807, 2.05) is 6.07 Å². The molecular weight excluding hydrogens is 259 g/mol. The van der Waals surface area contributed by atoms with Gasteiger partial charge in [0.05, 0.1) is 12.8 Å². The van der Waals surface area contributed by atoms with Gasteiger partial charge in [0.25, 0.3) is 0 Å². The van der Waals surface area contributed by atoms with Crippen molar-refractivity contribution in [1.82, 2.24) is 0 Å². The summed E-state index contributed by atoms with van der Waals surface area (Å²) >= 11 is 0. The molecule has 4 nitrogen and oxygen atoms in total. The molecule has 0 atom stereocenters. The number of nitriles is 1. The normalized spacial score (nSPS) is 9.85. The summed E-state index contributed by atoms with van der Waals surface area (Å²) in [4.78, 5) is 0. The van der Waals surface area contributed by atoms with Crippen LogP contribution in [0.25, 0.3) is 0 Å². The Labute approximate surface area is 116 Å². The van der Waals surface area contributed by atoms with E-state index in [0.717, 1.165) is 0 Å². The molecule has 0 fully saturated rings. The number of aromatic hydroxyl groups is 1. The fraction of sp³-hybridized carbons (Fsp3) is 0.133. The van der Waals surface area contributed by atoms with Crippen LogP contribution < -0.4 is 10.1 Å². The zero-order chi connectivity index (χ0) is 14.5. The number of hydrogen-bond acceptors (Lipinski definition) is 4. The Morgan fingerprint density at radius 1 is 1.35 bits per heavy atom. The molecule has 0 radical (unpaired) electrons. The number of phenols is 1. The lowest BCUT2D eigenvalue weighted by Crippen LogP contribution is -2.03. The van der Waals surface area contributed by atoms with Crippen molar-refractivity contribution in [3.05, 3.63) is 53.3 Å². The van der Waals surface area contributed by atoms with E-state index in [2.05, 4.69) is 5.32 Å². The van der Waals surface area contributed by atoms with Crippen LogP contribution in [0.1, 0.15) is 11.1 Å². The molecule has 0 spiro atoms. The second-order valence-corrected chi connectivity index (χ2v) is 4.12. The maximum Gasteiger partial charge on any atom is 0.143 e. The molecular formula is C15H13FN2O2. The molecule has 0 aliphatic carbocycles. The van der Waals surface area contributed by atoms with Crippen molar-refractivity contribution >= 4 is 5.69 Å². The average molecular weight is 272 g/mol. The predicted octanol–water partition coefficient (Wildman–Crippen LogP) is 3.02. The SMILES string of the molecule is COc1ccc(O)c(CNc2cccc(F)c2C#N)c1. The van der Waals surface area contributed by atoms with Gasteiger partial charge >= 0.3 is 0 Å². The number of methoxy groups -OCH3 is 1. The highest BCUT2D eigenvalue weighted by atomic mass is 19.1. The number of nitrogens with one attached hydrogen (secondary N) is 1. The van der Waals surface area contributed by atoms with Crippen molar-refractivity contribution in [3.8, 4) is 17.6 Å². The van der Waals surface area contributed by atoms with Crippen molar-refractivity contribution in [2.45, 2.75) is 6.54 Å². The smallest absolute Gasteiger partial charge is 0.143 e. The first-order valence-corrected chi connectivity index (χ1v) is 5.94. The maximum atomic E-state index is 13.4. The minimum atomic E-state index is -0.577. The van der Waals surface area contributed by atoms with E-state index < -0.39 is 5.82 Å². The van der Waals surface area contributed by atoms with Crippen LogP contribution in [0.4, 0.5) is 10.1 Å². The fourth-order valence-corrected chi connectivity index (χ4v) is 1.81. The topological polar surface area (TPSA) is 65.3 Å². The number of anilines is 1. The summed E-state index contributed by atoms with van der Waals surface area (Å²) in [5.74, 6) is 0.139. The first-order valence-electron chi connectivity index (χ1n) is 5.94. The molecule has 5 heteroatoms. The number of benzene rings is 2. The van der Waals surface area contributed by atoms with E-state index in [4.69, 9.17) is 10.00 Å². The van der Waals surface area contributed by atoms with E-state index in [1.165, 1.54) is 25.3 Å². The van der Waals surface area contributed by atoms with E-state index in [9.17, 15) is 9.50 Å². The van der Waals surface area contributed by atoms with Crippen LogP contribution in [0, 0.1) is 17.1 Å². The van der Waals surface area contributed by atoms with E-state index in [-0.39, 0.29) is 17.9 Å². The summed E-state index contributed by atoms with van der Waals surface area (Å²) in [6, 6.07) is 11.0. The monoisotopic (exact) mass is 272 g/mol. The van der Waals surface area contributed by atoms with Crippen LogP contribution in [0.3, 0.4) is 0 Å². The molecule has 20 heavy (non-hydrogen) atoms. The maximum absolute atomic E-state index is 13.4. The van der Waals surface area contributed by atoms with Gasteiger partial charge in [0.15, 0.2) is 0 Å². The summed E-state index contributed by atoms with van der Waals surface area (Å²) < 4.78 is 18.5. The second-order valence-electron chi connectivity index (χ2n) is 4.12. The molecule has 0 aliphatic rings. The molecule has 2 rings (SSSR count). The Balaban J connectivity index is 2.21. The van der Waals surface area contributed by atoms with Crippen molar-refractivity contribution in [3.63, 3.8) is 0 Å². The van der Waals surface area contributed by atoms with Gasteiger partial charge in [-0.1, -0.05) is 6.07 Å². The van der Waals surface area contributed by atoms with Crippen molar-refractivity contribution in [2.24, 2.45) is 0 Å². The summed E-state index contributed by atoms with van der Waals surface area (Å²) in [5.41, 5.74) is 0.933. The second kappa shape index (κ2) is 5.93. The summed E-state index contributed by atoms with van der Waals surface area (Å²) in [6.45, 7) is 0.251. The molecule has 0 aliphatic heterocycles. The average Bonchev–Trinajstić information content (AvgIpc) is 2.46. The molecule has 2 aromatic carbocycles. The van der Waals surface area contributed by atoms with Crippen LogP contribution in [-0.4, -0.2) is 12.2 Å². The predicted molar refractivity (Wildman–Crippen MR) is 73.1 cm³/mol. The highest BCUT2D eigenvalue weighted by molar-refractivity contribution is 5.58. The quantitative estimate of drug-likeness (QED) is 0.898. The Morgan fingerprint density at radius 3 is 2.85 bits per heavy atom. The molecule has 0 amide bonds. The number of phenolic OH excluding ortho intramolecular Hbond substituents is 1. The van der Waals surface area contributed by atoms with E-state index >= 15 is 0 Å². The lowest BCUT2D eigenvalue weighted by Gasteiger charge is -2.11. The minimum absolute atomic E-state index is 0.0464. The van der Waals surface area contributed by atoms with Crippen LogP contribution >= 0.6 is 0 Å². The van der Waals surface area contributed by atoms with Crippen LogP contribution in [-0.2, 0) is 6.54 Å². The molecule has 2 aromatic rings. The number of ether oxygens (including phenoxy) is 1. The highest BCUT2D eigenvalue weighted by Gasteiger charge is 2.09. The fourth-order valence-electron chi connectivity index (χ4n) is 1.81. The van der Waals surface area contributed by atoms with Gasteiger partial charge in [-0.3, -0.25) is 0 Å². The van der Waals surface area contributed by atoms with Gasteiger partial charge in [0, 0.05) is 12.1 Å². The largest absolute Gasteiger partial charge is 0.508 e. The number of nitrogens with zero attached hydrogens (tertiary/aromatic N) is 1. The van der Waals surface area contributed by atoms with Gasteiger partial charge < -0.3 is 15.2 Å². The van der Waals surface area contributed by atoms with Crippen molar-refractivity contribution < 1.29 is 14.2 Å². The molecule has 0 bridgehead atoms. The molecule has 0 aromatic heterocycles. The molecule has 102 valence electrons. The van der Waals surface area contributed by atoms with Gasteiger partial charge in [-0.25, -0.2) is 4.39 Å². The molecule has 0 unspecified atom stereocenters. The first-order chi connectivity index (χ1) is 9.65. The third kappa shape index (κ3) is 2.81. The summed E-state index contributed by atoms with van der Waals surface area (Å²) in [6.07, 6.45) is 0. The van der Waals surface area contributed by atoms with Crippen LogP contribution in [0.2, 0.25) is 0 Å². The summed E-state index contributed by atoms with van der Waals surface area (Å²) in [5, 5.41) is 21.6. The first kappa shape index (κ1) is 13.7. The van der Waals surface area contributed by atoms with Gasteiger partial charge in [-0.2, -0.15) is 5.26 Å². The molecule has 0 saturated carbocycles. The van der Waals surface area contributed by atoms with Crippen molar-refractivity contribution in [2.75, 3.05) is 12.4 Å². The third-order valence-corrected chi connectivity index (χ3v) is 2.88. The Bertz CT molecular complexity index is 665. The van der Waals surface area contributed by atoms with Gasteiger partial charge in [-0.15, -0.1) is 0 Å². The van der Waals surface area contributed by atoms with Crippen LogP contribution in [0.5, 0.6) is 11.5 Å². The molecule has 0 heterocycles. The third-order valence-electron chi connectivity index (χ3n) is 2.88. The van der Waals surface area contributed by atoms with E-state index in [1.54, 1.807) is 18.2 Å². The Kier molecular flexibility index (Phi) is 4.06. The zero-order valence-electron chi connectivity index (χ0n) is 10.9. The lowest BCUT2D eigenvalue weighted by atomic mass is 10.1. The van der Waals surface area contributed by atoms with Crippen LogP contribution in [0.15, 0.2) is 36.4 Å². The molecule has 2 N–H and O–H groups in total. The number of halogens is 1. The van der Waals surface area contributed by atoms with Crippen molar-refractivity contribution in [1.29, 1.82) is 5.26 Å². The Hall–Kier alpha value is -2.74. The highest BCUT2D eigenvalue weighted by Crippen LogP contribution is 2.25. The minimum Gasteiger partial charge on any atom is -0.508 e. The Morgan fingerprint density at radius 2 is 2.15 bits per heavy atom.